The number of allylic oxidation sites excluding steroid dienone is 2. The fraction of sp³-hybridized carbons (Fsp3) is 0.0460. The number of anilines is 12. The summed E-state index contributed by atoms with van der Waals surface area (Å²) in [5, 5.41) is 16.8. The van der Waals surface area contributed by atoms with Gasteiger partial charge in [0.2, 0.25) is 0 Å². The number of aromatic nitrogens is 4. The minimum atomic E-state index is -0.125. The standard InChI is InChI=1S/2C41H29N4.C5H8O2.Ir/c2*1-29-28-42-40-36-24-22-34(44(30-14-6-2-7-15-30)31-16-8-3-9-17-31)26-38(36)39-27-35(23-25-37(39)41(40)43-29)45(32-18-10-4-11-19-32)33-20-12-5-13-21-33;1-4(6)3-5(2)7;/h2*2-23,25-28H,1H3;3,6H,1-2H3;/q2*-1;;/b;;4-3-;. The maximum Gasteiger partial charge on any atom is 0.155 e. The molecule has 477 valence electrons. The number of benzene rings is 14. The fourth-order valence-corrected chi connectivity index (χ4v) is 12.6. The first-order valence-electron chi connectivity index (χ1n) is 32.2. The van der Waals surface area contributed by atoms with E-state index in [1.165, 1.54) is 19.9 Å². The number of rotatable bonds is 13. The molecule has 2 aromatic heterocycles. The van der Waals surface area contributed by atoms with Gasteiger partial charge in [-0.25, -0.2) is 0 Å². The number of aliphatic hydroxyl groups is 1. The van der Waals surface area contributed by atoms with Crippen molar-refractivity contribution in [3.8, 4) is 0 Å². The Morgan fingerprint density at radius 3 is 0.827 bits per heavy atom. The normalized spacial score (nSPS) is 11.1. The molecule has 2 heterocycles. The number of para-hydroxylation sites is 8. The molecule has 0 aliphatic rings. The van der Waals surface area contributed by atoms with Crippen LogP contribution in [0.3, 0.4) is 0 Å². The molecule has 0 unspecified atom stereocenters. The van der Waals surface area contributed by atoms with Crippen LogP contribution in [0.5, 0.6) is 0 Å². The Hall–Kier alpha value is -12.1. The van der Waals surface area contributed by atoms with Crippen LogP contribution in [0.25, 0.3) is 65.2 Å². The summed E-state index contributed by atoms with van der Waals surface area (Å²) < 4.78 is 0. The van der Waals surface area contributed by atoms with Gasteiger partial charge in [-0.05, 0) is 182 Å². The molecule has 10 nitrogen and oxygen atoms in total. The van der Waals surface area contributed by atoms with E-state index in [0.29, 0.717) is 0 Å². The number of fused-ring (bicyclic) bond motifs is 12. The maximum absolute atomic E-state index is 10.0. The number of aliphatic hydroxyl groups excluding tert-OH is 1. The second kappa shape index (κ2) is 29.2. The number of ketones is 1. The molecular weight excluding hydrogens is 1380 g/mol. The Kier molecular flexibility index (Phi) is 19.3. The summed E-state index contributed by atoms with van der Waals surface area (Å²) in [6.45, 7) is 6.84. The van der Waals surface area contributed by atoms with E-state index in [1.54, 1.807) is 0 Å². The van der Waals surface area contributed by atoms with Crippen LogP contribution in [0, 0.1) is 26.0 Å². The zero-order chi connectivity index (χ0) is 66.2. The van der Waals surface area contributed by atoms with E-state index < -0.39 is 0 Å². The molecule has 11 heteroatoms. The molecule has 0 fully saturated rings. The summed E-state index contributed by atoms with van der Waals surface area (Å²) in [5.41, 5.74) is 18.1. The molecular formula is C87H66IrN8O2-2. The third-order valence-corrected chi connectivity index (χ3v) is 16.8. The largest absolute Gasteiger partial charge is 0.512 e. The van der Waals surface area contributed by atoms with Gasteiger partial charge in [0.25, 0.3) is 0 Å². The Labute approximate surface area is 583 Å². The van der Waals surface area contributed by atoms with E-state index in [2.05, 4.69) is 311 Å². The molecule has 16 rings (SSSR count). The van der Waals surface area contributed by atoms with Gasteiger partial charge < -0.3 is 34.7 Å². The zero-order valence-corrected chi connectivity index (χ0v) is 56.8. The fourth-order valence-electron chi connectivity index (χ4n) is 12.6. The minimum absolute atomic E-state index is 0. The van der Waals surface area contributed by atoms with Crippen molar-refractivity contribution in [2.24, 2.45) is 0 Å². The molecule has 0 saturated heterocycles. The van der Waals surface area contributed by atoms with E-state index in [0.717, 1.165) is 145 Å². The van der Waals surface area contributed by atoms with Crippen molar-refractivity contribution >= 4 is 139 Å². The topological polar surface area (TPSA) is 102 Å². The summed E-state index contributed by atoms with van der Waals surface area (Å²) >= 11 is 0. The van der Waals surface area contributed by atoms with Gasteiger partial charge in [0.05, 0.1) is 28.2 Å². The van der Waals surface area contributed by atoms with Crippen LogP contribution in [-0.4, -0.2) is 30.8 Å². The van der Waals surface area contributed by atoms with E-state index >= 15 is 0 Å². The average molecular weight is 1450 g/mol. The molecule has 14 aromatic carbocycles. The zero-order valence-electron chi connectivity index (χ0n) is 54.4. The predicted molar refractivity (Wildman–Crippen MR) is 402 cm³/mol. The van der Waals surface area contributed by atoms with Crippen molar-refractivity contribution in [3.63, 3.8) is 0 Å². The first kappa shape index (κ1) is 64.6. The van der Waals surface area contributed by atoms with Gasteiger partial charge in [-0.3, -0.25) is 14.8 Å². The van der Waals surface area contributed by atoms with Crippen LogP contribution in [0.2, 0.25) is 0 Å². The van der Waals surface area contributed by atoms with E-state index in [4.69, 9.17) is 25.0 Å². The van der Waals surface area contributed by atoms with Crippen molar-refractivity contribution in [2.75, 3.05) is 19.6 Å². The molecule has 0 spiro atoms. The Morgan fingerprint density at radius 2 is 0.582 bits per heavy atom. The summed E-state index contributed by atoms with van der Waals surface area (Å²) in [5.74, 6) is -0.0625. The number of hydrogen-bond donors (Lipinski definition) is 1. The second-order valence-electron chi connectivity index (χ2n) is 23.6. The van der Waals surface area contributed by atoms with Gasteiger partial charge in [-0.2, -0.15) is 0 Å². The third-order valence-electron chi connectivity index (χ3n) is 16.8. The van der Waals surface area contributed by atoms with E-state index in [9.17, 15) is 4.79 Å². The number of aryl methyl sites for hydroxylation is 2. The minimum Gasteiger partial charge on any atom is -0.512 e. The number of carbonyl (C=O) groups excluding carboxylic acids is 1. The van der Waals surface area contributed by atoms with Crippen molar-refractivity contribution < 1.29 is 30.0 Å². The third kappa shape index (κ3) is 13.6. The van der Waals surface area contributed by atoms with Gasteiger partial charge >= 0.3 is 0 Å². The smallest absolute Gasteiger partial charge is 0.155 e. The molecule has 1 N–H and O–H groups in total. The Morgan fingerprint density at radius 1 is 0.327 bits per heavy atom. The van der Waals surface area contributed by atoms with Crippen LogP contribution >= 0.6 is 0 Å². The van der Waals surface area contributed by atoms with Crippen molar-refractivity contribution in [1.82, 2.24) is 19.9 Å². The second-order valence-corrected chi connectivity index (χ2v) is 23.6. The first-order valence-corrected chi connectivity index (χ1v) is 32.2. The van der Waals surface area contributed by atoms with Crippen LogP contribution in [0.1, 0.15) is 25.2 Å². The van der Waals surface area contributed by atoms with Gasteiger partial charge in [0.15, 0.2) is 5.78 Å². The predicted octanol–water partition coefficient (Wildman–Crippen LogP) is 23.0. The summed E-state index contributed by atoms with van der Waals surface area (Å²) in [6.07, 6.45) is 4.85. The van der Waals surface area contributed by atoms with Crippen molar-refractivity contribution in [1.29, 1.82) is 0 Å². The molecule has 1 radical (unpaired) electrons. The summed E-state index contributed by atoms with van der Waals surface area (Å²) in [7, 11) is 0. The molecule has 0 bridgehead atoms. The van der Waals surface area contributed by atoms with Crippen LogP contribution in [0.15, 0.2) is 328 Å². The van der Waals surface area contributed by atoms with E-state index in [-0.39, 0.29) is 31.6 Å². The van der Waals surface area contributed by atoms with Gasteiger partial charge in [0.1, 0.15) is 0 Å². The molecule has 16 aromatic rings. The van der Waals surface area contributed by atoms with Crippen molar-refractivity contribution in [2.45, 2.75) is 27.7 Å². The van der Waals surface area contributed by atoms with E-state index in [1.807, 2.05) is 50.5 Å². The molecule has 98 heavy (non-hydrogen) atoms. The van der Waals surface area contributed by atoms with Gasteiger partial charge in [-0.1, -0.05) is 168 Å². The van der Waals surface area contributed by atoms with Crippen molar-refractivity contribution in [3.05, 3.63) is 351 Å². The monoisotopic (exact) mass is 1450 g/mol. The molecule has 0 amide bonds. The SMILES string of the molecule is CC(=O)/C=C(/C)O.Cc1cnc2c3[c-]cc(N(c4ccccc4)c4ccccc4)cc3c3cc(N(c4ccccc4)c4ccccc4)ccc3c2n1.Cc1cnc2c3[c-]cc(N(c4ccccc4)c4ccccc4)cc3c3cc(N(c4ccccc4)c4ccccc4)ccc3c2n1.[Ir]. The number of carbonyl (C=O) groups is 1. The van der Waals surface area contributed by atoms with Crippen LogP contribution in [0.4, 0.5) is 68.2 Å². The summed E-state index contributed by atoms with van der Waals surface area (Å²) in [4.78, 5) is 38.9. The summed E-state index contributed by atoms with van der Waals surface area (Å²) in [6, 6.07) is 113. The van der Waals surface area contributed by atoms with Crippen LogP contribution in [-0.2, 0) is 24.9 Å². The molecule has 0 atom stereocenters. The first-order chi connectivity index (χ1) is 47.6. The molecule has 0 saturated carbocycles. The van der Waals surface area contributed by atoms with Gasteiger partial charge in [0, 0.05) is 106 Å². The Bertz CT molecular complexity index is 5000. The maximum atomic E-state index is 10.0. The van der Waals surface area contributed by atoms with Gasteiger partial charge in [-0.15, -0.1) is 47.2 Å². The average Bonchev–Trinajstić information content (AvgIpc) is 0.740. The van der Waals surface area contributed by atoms with Crippen LogP contribution < -0.4 is 19.6 Å². The number of hydrogen-bond acceptors (Lipinski definition) is 10. The Balaban J connectivity index is 0.000000159. The molecule has 0 aliphatic carbocycles. The number of nitrogens with zero attached hydrogens (tertiary/aromatic N) is 8. The molecule has 0 aliphatic heterocycles. The quantitative estimate of drug-likeness (QED) is 0.0520.